The maximum absolute atomic E-state index is 12.2. The van der Waals surface area contributed by atoms with Gasteiger partial charge in [-0.3, -0.25) is 14.4 Å². The molecule has 5 heteroatoms. The summed E-state index contributed by atoms with van der Waals surface area (Å²) in [7, 11) is 0. The highest BCUT2D eigenvalue weighted by Gasteiger charge is 2.46. The second-order valence-electron chi connectivity index (χ2n) is 4.95. The number of carbonyl (C=O) groups is 3. The normalized spacial score (nSPS) is 29.4. The Morgan fingerprint density at radius 3 is 2.76 bits per heavy atom. The van der Waals surface area contributed by atoms with Crippen LogP contribution in [0.5, 0.6) is 0 Å². The first kappa shape index (κ1) is 12.1. The first-order valence-electron chi connectivity index (χ1n) is 6.10. The standard InChI is InChI=1S/C12H18N2O3/c1-3-10(8(2)16)14-6-9-4-11(12(14)17)13(5-9)7-15/h7,9-11H,3-6H2,1-2H3. The summed E-state index contributed by atoms with van der Waals surface area (Å²) in [6.07, 6.45) is 2.14. The van der Waals surface area contributed by atoms with Crippen LogP contribution in [0, 0.1) is 5.92 Å². The van der Waals surface area contributed by atoms with Crippen LogP contribution in [0.2, 0.25) is 0 Å². The molecule has 0 aliphatic carbocycles. The van der Waals surface area contributed by atoms with E-state index in [-0.39, 0.29) is 23.8 Å². The third kappa shape index (κ3) is 1.94. The van der Waals surface area contributed by atoms with Gasteiger partial charge in [-0.1, -0.05) is 6.92 Å². The van der Waals surface area contributed by atoms with E-state index in [4.69, 9.17) is 0 Å². The topological polar surface area (TPSA) is 57.7 Å². The van der Waals surface area contributed by atoms with Crippen LogP contribution in [0.4, 0.5) is 0 Å². The van der Waals surface area contributed by atoms with E-state index in [0.717, 1.165) is 12.8 Å². The zero-order valence-electron chi connectivity index (χ0n) is 10.3. The van der Waals surface area contributed by atoms with Crippen molar-refractivity contribution in [2.45, 2.75) is 38.8 Å². The molecule has 5 nitrogen and oxygen atoms in total. The van der Waals surface area contributed by atoms with Crippen molar-refractivity contribution < 1.29 is 14.4 Å². The molecule has 0 aromatic carbocycles. The van der Waals surface area contributed by atoms with Crippen molar-refractivity contribution in [2.24, 2.45) is 5.92 Å². The summed E-state index contributed by atoms with van der Waals surface area (Å²) in [5.74, 6) is 0.295. The molecule has 2 aliphatic rings. The first-order valence-corrected chi connectivity index (χ1v) is 6.10. The van der Waals surface area contributed by atoms with Crippen LogP contribution < -0.4 is 0 Å². The van der Waals surface area contributed by atoms with E-state index in [1.165, 1.54) is 6.92 Å². The number of likely N-dealkylation sites (tertiary alicyclic amines) is 2. The fraction of sp³-hybridized carbons (Fsp3) is 0.750. The van der Waals surface area contributed by atoms with Gasteiger partial charge in [-0.05, 0) is 25.7 Å². The average molecular weight is 238 g/mol. The zero-order valence-corrected chi connectivity index (χ0v) is 10.3. The number of hydrogen-bond donors (Lipinski definition) is 0. The van der Waals surface area contributed by atoms with Crippen LogP contribution in [-0.2, 0) is 14.4 Å². The lowest BCUT2D eigenvalue weighted by Gasteiger charge is -2.36. The molecule has 3 unspecified atom stereocenters. The summed E-state index contributed by atoms with van der Waals surface area (Å²) in [6.45, 7) is 4.69. The third-order valence-corrected chi connectivity index (χ3v) is 3.82. The van der Waals surface area contributed by atoms with Gasteiger partial charge in [0.25, 0.3) is 0 Å². The van der Waals surface area contributed by atoms with Gasteiger partial charge in [0.2, 0.25) is 12.3 Å². The highest BCUT2D eigenvalue weighted by atomic mass is 16.2. The van der Waals surface area contributed by atoms with Gasteiger partial charge in [-0.25, -0.2) is 0 Å². The van der Waals surface area contributed by atoms with E-state index in [0.29, 0.717) is 25.4 Å². The molecule has 2 fully saturated rings. The van der Waals surface area contributed by atoms with Gasteiger partial charge in [0.1, 0.15) is 6.04 Å². The molecule has 2 heterocycles. The summed E-state index contributed by atoms with van der Waals surface area (Å²) < 4.78 is 0. The molecule has 3 atom stereocenters. The molecule has 2 saturated heterocycles. The third-order valence-electron chi connectivity index (χ3n) is 3.82. The van der Waals surface area contributed by atoms with E-state index in [1.54, 1.807) is 9.80 Å². The fourth-order valence-corrected chi connectivity index (χ4v) is 3.01. The summed E-state index contributed by atoms with van der Waals surface area (Å²) >= 11 is 0. The van der Waals surface area contributed by atoms with Crippen molar-refractivity contribution in [1.29, 1.82) is 0 Å². The predicted octanol–water partition coefficient (Wildman–Crippen LogP) is 0.0431. The second-order valence-corrected chi connectivity index (χ2v) is 4.95. The number of hydrogen-bond acceptors (Lipinski definition) is 3. The molecule has 2 rings (SSSR count). The molecule has 2 bridgehead atoms. The molecular weight excluding hydrogens is 220 g/mol. The van der Waals surface area contributed by atoms with Crippen molar-refractivity contribution in [2.75, 3.05) is 13.1 Å². The van der Waals surface area contributed by atoms with Gasteiger partial charge in [0.05, 0.1) is 6.04 Å². The molecule has 2 aliphatic heterocycles. The lowest BCUT2D eigenvalue weighted by molar-refractivity contribution is -0.145. The second kappa shape index (κ2) is 4.47. The maximum atomic E-state index is 12.2. The van der Waals surface area contributed by atoms with Gasteiger partial charge in [-0.15, -0.1) is 0 Å². The number of ketones is 1. The van der Waals surface area contributed by atoms with Crippen LogP contribution in [0.25, 0.3) is 0 Å². The Kier molecular flexibility index (Phi) is 3.17. The number of rotatable bonds is 4. The average Bonchev–Trinajstić information content (AvgIpc) is 2.64. The molecule has 0 spiro atoms. The molecular formula is C12H18N2O3. The molecule has 0 N–H and O–H groups in total. The monoisotopic (exact) mass is 238 g/mol. The lowest BCUT2D eigenvalue weighted by atomic mass is 9.96. The maximum Gasteiger partial charge on any atom is 0.246 e. The van der Waals surface area contributed by atoms with Gasteiger partial charge in [0, 0.05) is 13.1 Å². The van der Waals surface area contributed by atoms with Crippen molar-refractivity contribution >= 4 is 18.1 Å². The van der Waals surface area contributed by atoms with Crippen LogP contribution in [-0.4, -0.2) is 53.1 Å². The van der Waals surface area contributed by atoms with Crippen molar-refractivity contribution in [3.05, 3.63) is 0 Å². The summed E-state index contributed by atoms with van der Waals surface area (Å²) in [5.41, 5.74) is 0. The van der Waals surface area contributed by atoms with Gasteiger partial charge in [0.15, 0.2) is 5.78 Å². The van der Waals surface area contributed by atoms with Crippen LogP contribution in [0.3, 0.4) is 0 Å². The number of carbonyl (C=O) groups excluding carboxylic acids is 3. The Labute approximate surface area is 101 Å². The predicted molar refractivity (Wildman–Crippen MR) is 61.1 cm³/mol. The van der Waals surface area contributed by atoms with Gasteiger partial charge >= 0.3 is 0 Å². The minimum absolute atomic E-state index is 0.0276. The smallest absolute Gasteiger partial charge is 0.246 e. The molecule has 2 amide bonds. The molecule has 0 aromatic rings. The zero-order chi connectivity index (χ0) is 12.6. The molecule has 94 valence electrons. The number of nitrogens with zero attached hydrogens (tertiary/aromatic N) is 2. The first-order chi connectivity index (χ1) is 8.08. The van der Waals surface area contributed by atoms with Gasteiger partial charge in [-0.2, -0.15) is 0 Å². The van der Waals surface area contributed by atoms with E-state index >= 15 is 0 Å². The van der Waals surface area contributed by atoms with Crippen molar-refractivity contribution in [3.63, 3.8) is 0 Å². The molecule has 0 radical (unpaired) electrons. The number of amides is 2. The van der Waals surface area contributed by atoms with Crippen LogP contribution >= 0.6 is 0 Å². The van der Waals surface area contributed by atoms with Crippen molar-refractivity contribution in [3.8, 4) is 0 Å². The highest BCUT2D eigenvalue weighted by Crippen LogP contribution is 2.31. The number of fused-ring (bicyclic) bond motifs is 2. The Bertz CT molecular complexity index is 354. The summed E-state index contributed by atoms with van der Waals surface area (Å²) in [4.78, 5) is 37.9. The van der Waals surface area contributed by atoms with E-state index in [1.807, 2.05) is 6.92 Å². The Hall–Kier alpha value is -1.39. The highest BCUT2D eigenvalue weighted by molar-refractivity contribution is 5.91. The van der Waals surface area contributed by atoms with E-state index < -0.39 is 0 Å². The molecule has 17 heavy (non-hydrogen) atoms. The van der Waals surface area contributed by atoms with Crippen LogP contribution in [0.15, 0.2) is 0 Å². The Morgan fingerprint density at radius 2 is 2.24 bits per heavy atom. The largest absolute Gasteiger partial charge is 0.333 e. The minimum Gasteiger partial charge on any atom is -0.333 e. The fourth-order valence-electron chi connectivity index (χ4n) is 3.01. The molecule has 0 saturated carbocycles. The summed E-state index contributed by atoms with van der Waals surface area (Å²) in [5, 5.41) is 0. The van der Waals surface area contributed by atoms with Crippen molar-refractivity contribution in [1.82, 2.24) is 9.80 Å². The van der Waals surface area contributed by atoms with Crippen LogP contribution in [0.1, 0.15) is 26.7 Å². The lowest BCUT2D eigenvalue weighted by Crippen LogP contribution is -2.53. The summed E-state index contributed by atoms with van der Waals surface area (Å²) in [6, 6.07) is -0.654. The van der Waals surface area contributed by atoms with E-state index in [2.05, 4.69) is 0 Å². The Balaban J connectivity index is 2.19. The molecule has 0 aromatic heterocycles. The Morgan fingerprint density at radius 1 is 1.53 bits per heavy atom. The quantitative estimate of drug-likeness (QED) is 0.650. The SMILES string of the molecule is CCC(C(C)=O)N1CC2CC(C1=O)N(C=O)C2. The van der Waals surface area contributed by atoms with E-state index in [9.17, 15) is 14.4 Å². The number of piperidine rings is 1. The minimum atomic E-state index is -0.334. The van der Waals surface area contributed by atoms with Gasteiger partial charge < -0.3 is 9.80 Å². The number of Topliss-reactive ketones (excluding diaryl/α,β-unsaturated/α-hetero) is 1.